The molecular weight excluding hydrogens is 264 g/mol. The molecule has 0 aromatic heterocycles. The molecule has 1 fully saturated rings. The lowest BCUT2D eigenvalue weighted by atomic mass is 10.1. The van der Waals surface area contributed by atoms with Crippen LogP contribution in [0.4, 0.5) is 0 Å². The Morgan fingerprint density at radius 1 is 1.42 bits per heavy atom. The maximum Gasteiger partial charge on any atom is 0.214 e. The van der Waals surface area contributed by atoms with E-state index < -0.39 is 10.0 Å². The topological polar surface area (TPSA) is 49.9 Å². The van der Waals surface area contributed by atoms with Gasteiger partial charge in [-0.15, -0.1) is 0 Å². The second-order valence-corrected chi connectivity index (χ2v) is 8.02. The lowest BCUT2D eigenvalue weighted by Crippen LogP contribution is -2.36. The van der Waals surface area contributed by atoms with Gasteiger partial charge in [-0.25, -0.2) is 12.7 Å². The molecule has 1 aliphatic heterocycles. The molecule has 1 heterocycles. The lowest BCUT2D eigenvalue weighted by Gasteiger charge is -2.22. The molecule has 1 rings (SSSR count). The van der Waals surface area contributed by atoms with Gasteiger partial charge in [0.05, 0.1) is 12.4 Å². The lowest BCUT2D eigenvalue weighted by molar-refractivity contribution is 0.158. The third-order valence-electron chi connectivity index (χ3n) is 3.52. The highest BCUT2D eigenvalue weighted by atomic mass is 32.2. The molecule has 0 bridgehead atoms. The van der Waals surface area contributed by atoms with Gasteiger partial charge in [-0.2, -0.15) is 0 Å². The highest BCUT2D eigenvalue weighted by Gasteiger charge is 2.27. The number of rotatable bonds is 8. The van der Waals surface area contributed by atoms with Crippen molar-refractivity contribution in [1.82, 2.24) is 9.21 Å². The zero-order valence-electron chi connectivity index (χ0n) is 12.6. The van der Waals surface area contributed by atoms with Crippen molar-refractivity contribution in [3.8, 4) is 0 Å². The van der Waals surface area contributed by atoms with E-state index in [0.29, 0.717) is 12.5 Å². The molecule has 0 aromatic rings. The maximum absolute atomic E-state index is 12.1. The Balaban J connectivity index is 2.39. The SMILES string of the molecule is COCCN1CC[C@H](CN(C)S(=O)(=O)CC(C)C)C1. The van der Waals surface area contributed by atoms with E-state index in [2.05, 4.69) is 4.90 Å². The second kappa shape index (κ2) is 7.57. The van der Waals surface area contributed by atoms with Crippen molar-refractivity contribution in [2.75, 3.05) is 52.7 Å². The van der Waals surface area contributed by atoms with E-state index in [1.807, 2.05) is 13.8 Å². The van der Waals surface area contributed by atoms with Crippen molar-refractivity contribution in [2.45, 2.75) is 20.3 Å². The highest BCUT2D eigenvalue weighted by Crippen LogP contribution is 2.18. The first-order valence-electron chi connectivity index (χ1n) is 7.00. The van der Waals surface area contributed by atoms with Crippen LogP contribution in [0.5, 0.6) is 0 Å². The second-order valence-electron chi connectivity index (χ2n) is 5.90. The van der Waals surface area contributed by atoms with Crippen LogP contribution in [-0.2, 0) is 14.8 Å². The molecule has 0 aliphatic carbocycles. The van der Waals surface area contributed by atoms with Gasteiger partial charge in [0.15, 0.2) is 0 Å². The number of methoxy groups -OCH3 is 1. The van der Waals surface area contributed by atoms with Crippen molar-refractivity contribution in [2.24, 2.45) is 11.8 Å². The molecule has 5 nitrogen and oxygen atoms in total. The number of nitrogens with zero attached hydrogens (tertiary/aromatic N) is 2. The first-order chi connectivity index (χ1) is 8.85. The van der Waals surface area contributed by atoms with Crippen molar-refractivity contribution < 1.29 is 13.2 Å². The molecule has 6 heteroatoms. The third-order valence-corrected chi connectivity index (χ3v) is 5.70. The summed E-state index contributed by atoms with van der Waals surface area (Å²) < 4.78 is 30.8. The van der Waals surface area contributed by atoms with Gasteiger partial charge in [-0.1, -0.05) is 13.8 Å². The van der Waals surface area contributed by atoms with Crippen LogP contribution in [0, 0.1) is 11.8 Å². The maximum atomic E-state index is 12.1. The molecule has 0 spiro atoms. The van der Waals surface area contributed by atoms with Crippen LogP contribution in [0.1, 0.15) is 20.3 Å². The fourth-order valence-corrected chi connectivity index (χ4v) is 4.05. The molecule has 0 unspecified atom stereocenters. The first-order valence-corrected chi connectivity index (χ1v) is 8.61. The normalized spacial score (nSPS) is 21.7. The van der Waals surface area contributed by atoms with E-state index in [1.54, 1.807) is 14.2 Å². The Hall–Kier alpha value is -0.170. The van der Waals surface area contributed by atoms with Crippen LogP contribution >= 0.6 is 0 Å². The summed E-state index contributed by atoms with van der Waals surface area (Å²) >= 11 is 0. The van der Waals surface area contributed by atoms with Gasteiger partial charge in [0.2, 0.25) is 10.0 Å². The average Bonchev–Trinajstić information content (AvgIpc) is 2.72. The summed E-state index contributed by atoms with van der Waals surface area (Å²) in [6.07, 6.45) is 1.07. The van der Waals surface area contributed by atoms with E-state index in [9.17, 15) is 8.42 Å². The quantitative estimate of drug-likeness (QED) is 0.666. The summed E-state index contributed by atoms with van der Waals surface area (Å²) in [5.74, 6) is 0.863. The smallest absolute Gasteiger partial charge is 0.214 e. The Labute approximate surface area is 118 Å². The number of hydrogen-bond acceptors (Lipinski definition) is 4. The van der Waals surface area contributed by atoms with Crippen LogP contribution < -0.4 is 0 Å². The minimum Gasteiger partial charge on any atom is -0.383 e. The zero-order chi connectivity index (χ0) is 14.5. The molecule has 1 atom stereocenters. The largest absolute Gasteiger partial charge is 0.383 e. The van der Waals surface area contributed by atoms with Gasteiger partial charge in [0, 0.05) is 33.8 Å². The fraction of sp³-hybridized carbons (Fsp3) is 1.00. The highest BCUT2D eigenvalue weighted by molar-refractivity contribution is 7.89. The van der Waals surface area contributed by atoms with E-state index in [1.165, 1.54) is 4.31 Å². The molecule has 0 aromatic carbocycles. The molecule has 0 saturated carbocycles. The molecule has 114 valence electrons. The van der Waals surface area contributed by atoms with E-state index in [0.717, 1.165) is 32.7 Å². The molecule has 0 N–H and O–H groups in total. The zero-order valence-corrected chi connectivity index (χ0v) is 13.4. The Bertz CT molecular complexity index is 357. The monoisotopic (exact) mass is 292 g/mol. The van der Waals surface area contributed by atoms with E-state index >= 15 is 0 Å². The minimum atomic E-state index is -3.09. The summed E-state index contributed by atoms with van der Waals surface area (Å²) in [7, 11) is 0.321. The number of likely N-dealkylation sites (tertiary alicyclic amines) is 1. The van der Waals surface area contributed by atoms with Crippen LogP contribution in [0.3, 0.4) is 0 Å². The van der Waals surface area contributed by atoms with Crippen LogP contribution in [-0.4, -0.2) is 70.3 Å². The predicted octanol–water partition coefficient (Wildman–Crippen LogP) is 0.872. The summed E-state index contributed by atoms with van der Waals surface area (Å²) in [4.78, 5) is 2.34. The number of sulfonamides is 1. The molecule has 0 radical (unpaired) electrons. The Morgan fingerprint density at radius 3 is 2.68 bits per heavy atom. The van der Waals surface area contributed by atoms with Gasteiger partial charge in [0.1, 0.15) is 0 Å². The summed E-state index contributed by atoms with van der Waals surface area (Å²) in [6.45, 7) is 8.22. The number of hydrogen-bond donors (Lipinski definition) is 0. The molecule has 19 heavy (non-hydrogen) atoms. The van der Waals surface area contributed by atoms with Gasteiger partial charge < -0.3 is 9.64 Å². The average molecular weight is 292 g/mol. The van der Waals surface area contributed by atoms with Crippen LogP contribution in [0.2, 0.25) is 0 Å². The van der Waals surface area contributed by atoms with Crippen molar-refractivity contribution >= 4 is 10.0 Å². The molecular formula is C13H28N2O3S. The van der Waals surface area contributed by atoms with Crippen molar-refractivity contribution in [1.29, 1.82) is 0 Å². The van der Waals surface area contributed by atoms with E-state index in [4.69, 9.17) is 4.74 Å². The number of ether oxygens (including phenoxy) is 1. The summed E-state index contributed by atoms with van der Waals surface area (Å²) in [5, 5.41) is 0. The van der Waals surface area contributed by atoms with Crippen LogP contribution in [0.15, 0.2) is 0 Å². The van der Waals surface area contributed by atoms with Crippen LogP contribution in [0.25, 0.3) is 0 Å². The molecule has 1 saturated heterocycles. The first kappa shape index (κ1) is 16.9. The fourth-order valence-electron chi connectivity index (χ4n) is 2.51. The predicted molar refractivity (Wildman–Crippen MR) is 77.7 cm³/mol. The molecule has 1 aliphatic rings. The van der Waals surface area contributed by atoms with Gasteiger partial charge in [-0.3, -0.25) is 0 Å². The third kappa shape index (κ3) is 5.77. The Kier molecular flexibility index (Phi) is 6.73. The Morgan fingerprint density at radius 2 is 2.11 bits per heavy atom. The summed E-state index contributed by atoms with van der Waals surface area (Å²) in [5.41, 5.74) is 0. The van der Waals surface area contributed by atoms with Gasteiger partial charge in [0.25, 0.3) is 0 Å². The van der Waals surface area contributed by atoms with Crippen molar-refractivity contribution in [3.63, 3.8) is 0 Å². The van der Waals surface area contributed by atoms with E-state index in [-0.39, 0.29) is 11.7 Å². The summed E-state index contributed by atoms with van der Waals surface area (Å²) in [6, 6.07) is 0. The standard InChI is InChI=1S/C13H28N2O3S/c1-12(2)11-19(16,17)14(3)9-13-5-6-15(10-13)7-8-18-4/h12-13H,5-11H2,1-4H3/t13-/m1/s1. The van der Waals surface area contributed by atoms with Gasteiger partial charge in [-0.05, 0) is 24.8 Å². The minimum absolute atomic E-state index is 0.175. The van der Waals surface area contributed by atoms with Gasteiger partial charge >= 0.3 is 0 Å². The molecule has 0 amide bonds. The van der Waals surface area contributed by atoms with Crippen molar-refractivity contribution in [3.05, 3.63) is 0 Å².